The Labute approximate surface area is 112 Å². The highest BCUT2D eigenvalue weighted by molar-refractivity contribution is 5.98. The molecule has 1 saturated heterocycles. The van der Waals surface area contributed by atoms with Crippen LogP contribution in [0.25, 0.3) is 0 Å². The maximum Gasteiger partial charge on any atom is 0.222 e. The molecule has 0 amide bonds. The minimum atomic E-state index is 0.166. The lowest BCUT2D eigenvalue weighted by Crippen LogP contribution is -2.23. The van der Waals surface area contributed by atoms with Crippen LogP contribution in [0.15, 0.2) is 6.20 Å². The normalized spacial score (nSPS) is 26.3. The summed E-state index contributed by atoms with van der Waals surface area (Å²) in [6.45, 7) is 3.67. The lowest BCUT2D eigenvalue weighted by molar-refractivity contribution is 0.0951. The third kappa shape index (κ3) is 2.76. The molecule has 5 heteroatoms. The zero-order valence-corrected chi connectivity index (χ0v) is 11.2. The first-order valence-corrected chi connectivity index (χ1v) is 6.97. The van der Waals surface area contributed by atoms with Crippen molar-refractivity contribution in [3.05, 3.63) is 17.5 Å². The number of rotatable bonds is 3. The lowest BCUT2D eigenvalue weighted by atomic mass is 9.88. The first-order valence-electron chi connectivity index (χ1n) is 6.97. The number of hydrogen-bond donors (Lipinski definition) is 1. The molecule has 2 heterocycles. The molecule has 19 heavy (non-hydrogen) atoms. The molecule has 3 rings (SSSR count). The van der Waals surface area contributed by atoms with E-state index in [2.05, 4.69) is 22.2 Å². The summed E-state index contributed by atoms with van der Waals surface area (Å²) in [5.74, 6) is 1.15. The highest BCUT2D eigenvalue weighted by Gasteiger charge is 2.24. The Morgan fingerprint density at radius 3 is 3.16 bits per heavy atom. The third-order valence-corrected chi connectivity index (χ3v) is 3.76. The van der Waals surface area contributed by atoms with E-state index in [-0.39, 0.29) is 11.9 Å². The van der Waals surface area contributed by atoms with Crippen LogP contribution in [0.3, 0.4) is 0 Å². The van der Waals surface area contributed by atoms with Gasteiger partial charge in [-0.2, -0.15) is 0 Å². The maximum absolute atomic E-state index is 11.9. The summed E-state index contributed by atoms with van der Waals surface area (Å²) in [5.41, 5.74) is 1.58. The van der Waals surface area contributed by atoms with Gasteiger partial charge in [-0.05, 0) is 25.2 Å². The molecule has 102 valence electrons. The number of nitrogens with one attached hydrogen (secondary N) is 1. The van der Waals surface area contributed by atoms with Gasteiger partial charge in [0.25, 0.3) is 0 Å². The zero-order chi connectivity index (χ0) is 13.2. The number of aromatic nitrogens is 2. The molecule has 5 nitrogen and oxygen atoms in total. The number of ether oxygens (including phenoxy) is 1. The van der Waals surface area contributed by atoms with E-state index >= 15 is 0 Å². The highest BCUT2D eigenvalue weighted by Crippen LogP contribution is 2.24. The van der Waals surface area contributed by atoms with Crippen molar-refractivity contribution in [3.63, 3.8) is 0 Å². The van der Waals surface area contributed by atoms with E-state index in [0.717, 1.165) is 38.1 Å². The van der Waals surface area contributed by atoms with E-state index in [1.807, 2.05) is 0 Å². The maximum atomic E-state index is 11.9. The molecular weight excluding hydrogens is 242 g/mol. The van der Waals surface area contributed by atoms with Crippen LogP contribution in [-0.2, 0) is 11.2 Å². The van der Waals surface area contributed by atoms with Gasteiger partial charge in [0.05, 0.1) is 17.4 Å². The van der Waals surface area contributed by atoms with Crippen LogP contribution in [0.2, 0.25) is 0 Å². The Morgan fingerprint density at radius 2 is 2.37 bits per heavy atom. The standard InChI is InChI=1S/C14H19N3O2/c1-9-5-12-11(13(18)6-9)8-16-14(17-12)15-7-10-3-2-4-19-10/h8-10H,2-7H2,1H3,(H,15,16,17)/t9-,10-/m0/s1. The van der Waals surface area contributed by atoms with Crippen molar-refractivity contribution >= 4 is 11.7 Å². The minimum Gasteiger partial charge on any atom is -0.376 e. The molecule has 2 atom stereocenters. The summed E-state index contributed by atoms with van der Waals surface area (Å²) in [4.78, 5) is 20.6. The van der Waals surface area contributed by atoms with Gasteiger partial charge >= 0.3 is 0 Å². The van der Waals surface area contributed by atoms with Gasteiger partial charge in [0.2, 0.25) is 5.95 Å². The van der Waals surface area contributed by atoms with Gasteiger partial charge in [0.15, 0.2) is 5.78 Å². The van der Waals surface area contributed by atoms with Crippen molar-refractivity contribution in [2.75, 3.05) is 18.5 Å². The fourth-order valence-corrected chi connectivity index (χ4v) is 2.73. The average molecular weight is 261 g/mol. The summed E-state index contributed by atoms with van der Waals surface area (Å²) in [7, 11) is 0. The van der Waals surface area contributed by atoms with Crippen molar-refractivity contribution in [1.29, 1.82) is 0 Å². The largest absolute Gasteiger partial charge is 0.376 e. The molecule has 2 aliphatic rings. The van der Waals surface area contributed by atoms with Crippen molar-refractivity contribution < 1.29 is 9.53 Å². The van der Waals surface area contributed by atoms with Crippen molar-refractivity contribution in [3.8, 4) is 0 Å². The minimum absolute atomic E-state index is 0.166. The van der Waals surface area contributed by atoms with Gasteiger partial charge in [-0.1, -0.05) is 6.92 Å². The molecule has 1 aromatic rings. The number of anilines is 1. The summed E-state index contributed by atoms with van der Waals surface area (Å²) >= 11 is 0. The van der Waals surface area contributed by atoms with Gasteiger partial charge in [-0.3, -0.25) is 4.79 Å². The second-order valence-corrected chi connectivity index (χ2v) is 5.51. The molecule has 1 aliphatic carbocycles. The van der Waals surface area contributed by atoms with E-state index in [1.54, 1.807) is 6.20 Å². The quantitative estimate of drug-likeness (QED) is 0.899. The summed E-state index contributed by atoms with van der Waals surface area (Å²) in [6, 6.07) is 0. The third-order valence-electron chi connectivity index (χ3n) is 3.76. The first kappa shape index (κ1) is 12.5. The lowest BCUT2D eigenvalue weighted by Gasteiger charge is -2.19. The molecule has 1 aliphatic heterocycles. The smallest absolute Gasteiger partial charge is 0.222 e. The molecule has 1 fully saturated rings. The van der Waals surface area contributed by atoms with Crippen LogP contribution in [0.4, 0.5) is 5.95 Å². The highest BCUT2D eigenvalue weighted by atomic mass is 16.5. The molecule has 0 saturated carbocycles. The number of nitrogens with zero attached hydrogens (tertiary/aromatic N) is 2. The van der Waals surface area contributed by atoms with Gasteiger partial charge in [0, 0.05) is 25.8 Å². The summed E-state index contributed by atoms with van der Waals surface area (Å²) in [6.07, 6.45) is 5.61. The van der Waals surface area contributed by atoms with E-state index in [4.69, 9.17) is 4.74 Å². The molecule has 0 radical (unpaired) electrons. The second kappa shape index (κ2) is 5.25. The Kier molecular flexibility index (Phi) is 3.46. The van der Waals surface area contributed by atoms with E-state index in [0.29, 0.717) is 23.9 Å². The summed E-state index contributed by atoms with van der Waals surface area (Å²) in [5, 5.41) is 3.21. The topological polar surface area (TPSA) is 64.1 Å². The number of hydrogen-bond acceptors (Lipinski definition) is 5. The molecular formula is C14H19N3O2. The predicted octanol–water partition coefficient (Wildman–Crippen LogP) is 1.83. The average Bonchev–Trinajstić information content (AvgIpc) is 2.88. The van der Waals surface area contributed by atoms with Crippen LogP contribution < -0.4 is 5.32 Å². The number of Topliss-reactive ketones (excluding diaryl/α,β-unsaturated/α-hetero) is 1. The van der Waals surface area contributed by atoms with Crippen molar-refractivity contribution in [1.82, 2.24) is 9.97 Å². The molecule has 0 aromatic carbocycles. The second-order valence-electron chi connectivity index (χ2n) is 5.51. The Hall–Kier alpha value is -1.49. The van der Waals surface area contributed by atoms with Gasteiger partial charge in [-0.25, -0.2) is 9.97 Å². The van der Waals surface area contributed by atoms with Crippen LogP contribution in [0.1, 0.15) is 42.2 Å². The monoisotopic (exact) mass is 261 g/mol. The molecule has 1 aromatic heterocycles. The molecule has 0 unspecified atom stereocenters. The van der Waals surface area contributed by atoms with E-state index < -0.39 is 0 Å². The van der Waals surface area contributed by atoms with Crippen molar-refractivity contribution in [2.24, 2.45) is 5.92 Å². The Balaban J connectivity index is 1.70. The van der Waals surface area contributed by atoms with Gasteiger partial charge in [-0.15, -0.1) is 0 Å². The predicted molar refractivity (Wildman–Crippen MR) is 71.3 cm³/mol. The number of ketones is 1. The fourth-order valence-electron chi connectivity index (χ4n) is 2.73. The number of carbonyl (C=O) groups excluding carboxylic acids is 1. The molecule has 1 N–H and O–H groups in total. The molecule has 0 bridgehead atoms. The Morgan fingerprint density at radius 1 is 1.47 bits per heavy atom. The van der Waals surface area contributed by atoms with Gasteiger partial charge in [0.1, 0.15) is 0 Å². The van der Waals surface area contributed by atoms with Gasteiger partial charge < -0.3 is 10.1 Å². The van der Waals surface area contributed by atoms with E-state index in [1.165, 1.54) is 0 Å². The van der Waals surface area contributed by atoms with Crippen LogP contribution in [-0.4, -0.2) is 35.0 Å². The summed E-state index contributed by atoms with van der Waals surface area (Å²) < 4.78 is 5.55. The zero-order valence-electron chi connectivity index (χ0n) is 11.2. The van der Waals surface area contributed by atoms with E-state index in [9.17, 15) is 4.79 Å². The number of carbonyl (C=O) groups is 1. The molecule has 0 spiro atoms. The van der Waals surface area contributed by atoms with Crippen LogP contribution in [0.5, 0.6) is 0 Å². The first-order chi connectivity index (χ1) is 9.22. The number of fused-ring (bicyclic) bond motifs is 1. The SMILES string of the molecule is C[C@@H]1CC(=O)c2cnc(NC[C@@H]3CCCO3)nc2C1. The van der Waals surface area contributed by atoms with Crippen LogP contribution in [0, 0.1) is 5.92 Å². The fraction of sp³-hybridized carbons (Fsp3) is 0.643. The van der Waals surface area contributed by atoms with Crippen LogP contribution >= 0.6 is 0 Å². The Bertz CT molecular complexity index is 484. The van der Waals surface area contributed by atoms with Crippen molar-refractivity contribution in [2.45, 2.75) is 38.7 Å².